The molecule has 0 bridgehead atoms. The fourth-order valence-corrected chi connectivity index (χ4v) is 3.98. The Morgan fingerprint density at radius 2 is 2.12 bits per heavy atom. The van der Waals surface area contributed by atoms with E-state index < -0.39 is 0 Å². The number of ether oxygens (including phenoxy) is 1. The number of pyridine rings is 1. The van der Waals surface area contributed by atoms with E-state index in [2.05, 4.69) is 10.3 Å². The predicted octanol–water partition coefficient (Wildman–Crippen LogP) is 3.88. The lowest BCUT2D eigenvalue weighted by Gasteiger charge is -1.99. The highest BCUT2D eigenvalue weighted by atomic mass is 32.1. The number of carbonyl (C=O) groups excluding carboxylic acids is 2. The number of nitrogens with zero attached hydrogens (tertiary/aromatic N) is 1. The van der Waals surface area contributed by atoms with Crippen LogP contribution in [0.1, 0.15) is 26.4 Å². The van der Waals surface area contributed by atoms with Crippen molar-refractivity contribution in [1.82, 2.24) is 4.98 Å². The summed E-state index contributed by atoms with van der Waals surface area (Å²) in [6.07, 6.45) is 3.53. The number of esters is 1. The molecule has 5 nitrogen and oxygen atoms in total. The van der Waals surface area contributed by atoms with Crippen LogP contribution in [0.4, 0.5) is 5.69 Å². The highest BCUT2D eigenvalue weighted by Crippen LogP contribution is 2.34. The third-order valence-corrected chi connectivity index (χ3v) is 5.40. The number of benzene rings is 1. The second-order valence-corrected chi connectivity index (χ2v) is 6.73. The maximum Gasteiger partial charge on any atom is 0.348 e. The van der Waals surface area contributed by atoms with Crippen LogP contribution in [0.5, 0.6) is 0 Å². The number of thiophene rings is 1. The van der Waals surface area contributed by atoms with Crippen molar-refractivity contribution >= 4 is 50.8 Å². The van der Waals surface area contributed by atoms with Crippen LogP contribution in [-0.2, 0) is 9.53 Å². The number of aromatic nitrogens is 1. The van der Waals surface area contributed by atoms with Crippen LogP contribution >= 0.6 is 11.3 Å². The summed E-state index contributed by atoms with van der Waals surface area (Å²) in [6, 6.07) is 9.53. The van der Waals surface area contributed by atoms with E-state index >= 15 is 0 Å². The average molecular weight is 350 g/mol. The quantitative estimate of drug-likeness (QED) is 0.562. The Balaban J connectivity index is 1.82. The summed E-state index contributed by atoms with van der Waals surface area (Å²) in [7, 11) is 1.37. The molecule has 3 heterocycles. The Morgan fingerprint density at radius 1 is 1.32 bits per heavy atom. The summed E-state index contributed by atoms with van der Waals surface area (Å²) >= 11 is 1.31. The zero-order valence-electron chi connectivity index (χ0n) is 13.6. The zero-order valence-corrected chi connectivity index (χ0v) is 14.4. The molecule has 6 heteroatoms. The van der Waals surface area contributed by atoms with Crippen LogP contribution in [0.3, 0.4) is 0 Å². The molecule has 4 rings (SSSR count). The molecule has 0 aliphatic carbocycles. The van der Waals surface area contributed by atoms with Gasteiger partial charge in [0, 0.05) is 28.4 Å². The number of anilines is 1. The Bertz CT molecular complexity index is 1070. The first-order valence-corrected chi connectivity index (χ1v) is 8.50. The van der Waals surface area contributed by atoms with E-state index in [-0.39, 0.29) is 11.9 Å². The van der Waals surface area contributed by atoms with E-state index in [4.69, 9.17) is 4.74 Å². The first kappa shape index (κ1) is 15.5. The molecule has 0 atom stereocenters. The molecule has 25 heavy (non-hydrogen) atoms. The number of carbonyl (C=O) groups is 2. The van der Waals surface area contributed by atoms with Crippen molar-refractivity contribution in [3.05, 3.63) is 58.1 Å². The standard InChI is InChI=1S/C19H14N2O3S/c1-10-13-7-11(9-20-18(13)25-16(10)19(23)24-2)8-14-12-5-3-4-6-15(12)21-17(14)22/h3-9H,1-2H3,(H,21,22). The van der Waals surface area contributed by atoms with E-state index in [0.29, 0.717) is 10.5 Å². The lowest BCUT2D eigenvalue weighted by molar-refractivity contribution is -0.110. The molecule has 124 valence electrons. The molecule has 0 saturated carbocycles. The molecular weight excluding hydrogens is 336 g/mol. The number of amides is 1. The third-order valence-electron chi connectivity index (χ3n) is 4.21. The summed E-state index contributed by atoms with van der Waals surface area (Å²) in [5.41, 5.74) is 3.96. The van der Waals surface area contributed by atoms with Gasteiger partial charge in [-0.05, 0) is 36.3 Å². The minimum Gasteiger partial charge on any atom is -0.465 e. The highest BCUT2D eigenvalue weighted by Gasteiger charge is 2.23. The fourth-order valence-electron chi connectivity index (χ4n) is 2.93. The van der Waals surface area contributed by atoms with Gasteiger partial charge in [0.05, 0.1) is 7.11 Å². The number of nitrogens with one attached hydrogen (secondary N) is 1. The number of para-hydroxylation sites is 1. The zero-order chi connectivity index (χ0) is 17.6. The molecule has 0 radical (unpaired) electrons. The second kappa shape index (κ2) is 5.82. The van der Waals surface area contributed by atoms with Crippen LogP contribution in [-0.4, -0.2) is 24.0 Å². The SMILES string of the molecule is COC(=O)c1sc2ncc(C=C3C(=O)Nc4ccccc43)cc2c1C. The van der Waals surface area contributed by atoms with Crippen molar-refractivity contribution in [2.75, 3.05) is 12.4 Å². The van der Waals surface area contributed by atoms with Gasteiger partial charge < -0.3 is 10.1 Å². The highest BCUT2D eigenvalue weighted by molar-refractivity contribution is 7.20. The maximum atomic E-state index is 12.2. The van der Waals surface area contributed by atoms with Crippen molar-refractivity contribution in [3.63, 3.8) is 0 Å². The molecular formula is C19H14N2O3S. The number of hydrogen-bond acceptors (Lipinski definition) is 5. The molecule has 1 aliphatic heterocycles. The number of methoxy groups -OCH3 is 1. The lowest BCUT2D eigenvalue weighted by atomic mass is 10.0. The van der Waals surface area contributed by atoms with Crippen molar-refractivity contribution in [2.24, 2.45) is 0 Å². The molecule has 0 spiro atoms. The average Bonchev–Trinajstić information content (AvgIpc) is 3.12. The van der Waals surface area contributed by atoms with Gasteiger partial charge in [0.15, 0.2) is 0 Å². The van der Waals surface area contributed by atoms with Gasteiger partial charge in [0.25, 0.3) is 5.91 Å². The molecule has 1 aliphatic rings. The Labute approximate surface area is 148 Å². The number of fused-ring (bicyclic) bond motifs is 2. The topological polar surface area (TPSA) is 68.3 Å². The van der Waals surface area contributed by atoms with Crippen molar-refractivity contribution < 1.29 is 14.3 Å². The molecule has 0 saturated heterocycles. The van der Waals surface area contributed by atoms with E-state index in [1.165, 1.54) is 18.4 Å². The van der Waals surface area contributed by atoms with Crippen LogP contribution in [0, 0.1) is 6.92 Å². The largest absolute Gasteiger partial charge is 0.465 e. The summed E-state index contributed by atoms with van der Waals surface area (Å²) in [5, 5.41) is 3.75. The Kier molecular flexibility index (Phi) is 3.62. The van der Waals surface area contributed by atoms with Gasteiger partial charge in [-0.3, -0.25) is 4.79 Å². The monoisotopic (exact) mass is 350 g/mol. The van der Waals surface area contributed by atoms with Gasteiger partial charge in [0.2, 0.25) is 0 Å². The first-order chi connectivity index (χ1) is 12.1. The predicted molar refractivity (Wildman–Crippen MR) is 98.6 cm³/mol. The van der Waals surface area contributed by atoms with E-state index in [1.54, 1.807) is 6.20 Å². The minimum atomic E-state index is -0.357. The van der Waals surface area contributed by atoms with E-state index in [1.807, 2.05) is 43.3 Å². The summed E-state index contributed by atoms with van der Waals surface area (Å²) in [6.45, 7) is 1.88. The molecule has 1 amide bonds. The van der Waals surface area contributed by atoms with Crippen LogP contribution in [0.25, 0.3) is 21.9 Å². The van der Waals surface area contributed by atoms with Gasteiger partial charge in [-0.1, -0.05) is 18.2 Å². The van der Waals surface area contributed by atoms with Gasteiger partial charge in [-0.25, -0.2) is 9.78 Å². The van der Waals surface area contributed by atoms with Crippen LogP contribution in [0.2, 0.25) is 0 Å². The van der Waals surface area contributed by atoms with Crippen molar-refractivity contribution in [3.8, 4) is 0 Å². The molecule has 1 N–H and O–H groups in total. The number of hydrogen-bond donors (Lipinski definition) is 1. The molecule has 3 aromatic rings. The minimum absolute atomic E-state index is 0.126. The molecule has 0 unspecified atom stereocenters. The van der Waals surface area contributed by atoms with Crippen molar-refractivity contribution in [1.29, 1.82) is 0 Å². The third kappa shape index (κ3) is 2.51. The van der Waals surface area contributed by atoms with Crippen LogP contribution in [0.15, 0.2) is 36.5 Å². The molecule has 1 aromatic carbocycles. The summed E-state index contributed by atoms with van der Waals surface area (Å²) < 4.78 is 4.82. The van der Waals surface area contributed by atoms with Gasteiger partial charge >= 0.3 is 5.97 Å². The van der Waals surface area contributed by atoms with E-state index in [0.717, 1.165) is 32.6 Å². The number of aryl methyl sites for hydroxylation is 1. The van der Waals surface area contributed by atoms with Gasteiger partial charge in [0.1, 0.15) is 9.71 Å². The summed E-state index contributed by atoms with van der Waals surface area (Å²) in [5.74, 6) is -0.483. The second-order valence-electron chi connectivity index (χ2n) is 5.73. The lowest BCUT2D eigenvalue weighted by Crippen LogP contribution is -2.03. The van der Waals surface area contributed by atoms with E-state index in [9.17, 15) is 9.59 Å². The maximum absolute atomic E-state index is 12.2. The fraction of sp³-hybridized carbons (Fsp3) is 0.105. The van der Waals surface area contributed by atoms with Crippen LogP contribution < -0.4 is 5.32 Å². The normalized spacial score (nSPS) is 14.6. The number of rotatable bonds is 2. The Hall–Kier alpha value is -2.99. The Morgan fingerprint density at radius 3 is 2.92 bits per heavy atom. The summed E-state index contributed by atoms with van der Waals surface area (Å²) in [4.78, 5) is 29.8. The van der Waals surface area contributed by atoms with Crippen molar-refractivity contribution in [2.45, 2.75) is 6.92 Å². The molecule has 2 aromatic heterocycles. The van der Waals surface area contributed by atoms with Gasteiger partial charge in [-0.2, -0.15) is 0 Å². The smallest absolute Gasteiger partial charge is 0.348 e. The first-order valence-electron chi connectivity index (χ1n) is 7.68. The molecule has 0 fully saturated rings. The van der Waals surface area contributed by atoms with Gasteiger partial charge in [-0.15, -0.1) is 11.3 Å².